The molecule has 0 bridgehead atoms. The van der Waals surface area contributed by atoms with E-state index in [0.717, 1.165) is 10.6 Å². The number of nitrogens with one attached hydrogen (secondary N) is 1. The van der Waals surface area contributed by atoms with Crippen LogP contribution in [0.2, 0.25) is 0 Å². The van der Waals surface area contributed by atoms with Crippen LogP contribution in [0.1, 0.15) is 16.3 Å². The monoisotopic (exact) mass is 413 g/mol. The van der Waals surface area contributed by atoms with Gasteiger partial charge >= 0.3 is 0 Å². The summed E-state index contributed by atoms with van der Waals surface area (Å²) < 4.78 is 30.4. The summed E-state index contributed by atoms with van der Waals surface area (Å²) in [6.07, 6.45) is 1.79. The lowest BCUT2D eigenvalue weighted by Crippen LogP contribution is -2.11. The van der Waals surface area contributed by atoms with Crippen LogP contribution in [0.25, 0.3) is 0 Å². The highest BCUT2D eigenvalue weighted by Gasteiger charge is 2.19. The third-order valence-electron chi connectivity index (χ3n) is 3.81. The van der Waals surface area contributed by atoms with E-state index in [9.17, 15) is 13.2 Å². The summed E-state index contributed by atoms with van der Waals surface area (Å²) in [5.41, 5.74) is 0.661. The lowest BCUT2D eigenvalue weighted by molar-refractivity contribution is 0.0995. The van der Waals surface area contributed by atoms with Crippen molar-refractivity contribution in [3.63, 3.8) is 0 Å². The van der Waals surface area contributed by atoms with Crippen LogP contribution in [0.3, 0.4) is 0 Å². The van der Waals surface area contributed by atoms with Crippen LogP contribution < -0.4 is 5.32 Å². The molecule has 0 aliphatic rings. The lowest BCUT2D eigenvalue weighted by atomic mass is 10.3. The number of benzene rings is 2. The van der Waals surface area contributed by atoms with Crippen LogP contribution in [0.15, 0.2) is 93.6 Å². The van der Waals surface area contributed by atoms with Gasteiger partial charge in [0.25, 0.3) is 5.91 Å². The SMILES string of the molecule is C=CCSc1ccccc1NC(=O)c1ccc(CS(=O)(=O)c2ccccc2)o1. The second-order valence-electron chi connectivity index (χ2n) is 5.89. The van der Waals surface area contributed by atoms with Crippen molar-refractivity contribution in [3.05, 3.63) is 90.9 Å². The summed E-state index contributed by atoms with van der Waals surface area (Å²) in [6.45, 7) is 3.70. The Bertz CT molecular complexity index is 1070. The fraction of sp³-hybridized carbons (Fsp3) is 0.0952. The summed E-state index contributed by atoms with van der Waals surface area (Å²) in [6, 6.07) is 18.5. The molecule has 144 valence electrons. The van der Waals surface area contributed by atoms with E-state index < -0.39 is 15.7 Å². The van der Waals surface area contributed by atoms with Crippen molar-refractivity contribution >= 4 is 33.2 Å². The molecule has 0 aliphatic carbocycles. The fourth-order valence-electron chi connectivity index (χ4n) is 2.50. The van der Waals surface area contributed by atoms with Crippen LogP contribution in [-0.2, 0) is 15.6 Å². The molecular formula is C21H19NO4S2. The van der Waals surface area contributed by atoms with Gasteiger partial charge in [-0.1, -0.05) is 36.4 Å². The maximum absolute atomic E-state index is 12.5. The number of carbonyl (C=O) groups is 1. The van der Waals surface area contributed by atoms with E-state index in [0.29, 0.717) is 5.69 Å². The topological polar surface area (TPSA) is 76.4 Å². The Morgan fingerprint density at radius 3 is 2.50 bits per heavy atom. The Kier molecular flexibility index (Phi) is 6.38. The second kappa shape index (κ2) is 8.95. The van der Waals surface area contributed by atoms with Crippen LogP contribution in [0.5, 0.6) is 0 Å². The number of hydrogen-bond donors (Lipinski definition) is 1. The van der Waals surface area contributed by atoms with Crippen LogP contribution in [0.4, 0.5) is 5.69 Å². The predicted octanol–water partition coefficient (Wildman–Crippen LogP) is 4.78. The largest absolute Gasteiger partial charge is 0.455 e. The first-order valence-electron chi connectivity index (χ1n) is 8.50. The van der Waals surface area contributed by atoms with Gasteiger partial charge in [-0.2, -0.15) is 0 Å². The molecule has 0 fully saturated rings. The van der Waals surface area contributed by atoms with Crippen molar-refractivity contribution in [1.82, 2.24) is 0 Å². The van der Waals surface area contributed by atoms with E-state index in [-0.39, 0.29) is 22.2 Å². The number of rotatable bonds is 8. The van der Waals surface area contributed by atoms with Crippen molar-refractivity contribution in [1.29, 1.82) is 0 Å². The highest BCUT2D eigenvalue weighted by molar-refractivity contribution is 7.99. The summed E-state index contributed by atoms with van der Waals surface area (Å²) in [5, 5.41) is 2.81. The molecule has 3 rings (SSSR count). The third kappa shape index (κ3) is 4.94. The zero-order valence-electron chi connectivity index (χ0n) is 15.0. The Labute approximate surface area is 168 Å². The molecule has 0 unspecified atom stereocenters. The zero-order valence-corrected chi connectivity index (χ0v) is 16.6. The molecule has 5 nitrogen and oxygen atoms in total. The molecule has 2 aromatic carbocycles. The molecule has 0 saturated carbocycles. The van der Waals surface area contributed by atoms with Crippen LogP contribution >= 0.6 is 11.8 Å². The van der Waals surface area contributed by atoms with E-state index in [1.165, 1.54) is 24.3 Å². The van der Waals surface area contributed by atoms with Gasteiger partial charge in [-0.05, 0) is 36.4 Å². The first-order chi connectivity index (χ1) is 13.5. The number of carbonyl (C=O) groups excluding carboxylic acids is 1. The van der Waals surface area contributed by atoms with E-state index in [1.54, 1.807) is 42.1 Å². The van der Waals surface area contributed by atoms with Crippen molar-refractivity contribution < 1.29 is 17.6 Å². The van der Waals surface area contributed by atoms with Gasteiger partial charge < -0.3 is 9.73 Å². The van der Waals surface area contributed by atoms with Gasteiger partial charge in [0.1, 0.15) is 11.5 Å². The Hall–Kier alpha value is -2.77. The smallest absolute Gasteiger partial charge is 0.291 e. The predicted molar refractivity (Wildman–Crippen MR) is 111 cm³/mol. The molecule has 1 heterocycles. The van der Waals surface area contributed by atoms with E-state index in [2.05, 4.69) is 11.9 Å². The van der Waals surface area contributed by atoms with Gasteiger partial charge in [0, 0.05) is 10.6 Å². The van der Waals surface area contributed by atoms with Crippen molar-refractivity contribution in [2.24, 2.45) is 0 Å². The molecule has 3 aromatic rings. The van der Waals surface area contributed by atoms with Gasteiger partial charge in [0.05, 0.1) is 10.6 Å². The molecule has 7 heteroatoms. The molecule has 1 N–H and O–H groups in total. The van der Waals surface area contributed by atoms with Gasteiger partial charge in [-0.15, -0.1) is 18.3 Å². The van der Waals surface area contributed by atoms with Crippen molar-refractivity contribution in [2.45, 2.75) is 15.5 Å². The van der Waals surface area contributed by atoms with Gasteiger partial charge in [0.15, 0.2) is 15.6 Å². The number of anilines is 1. The summed E-state index contributed by atoms with van der Waals surface area (Å²) in [5.74, 6) is 0.241. The zero-order chi connectivity index (χ0) is 20.0. The average Bonchev–Trinajstić information content (AvgIpc) is 3.16. The molecule has 0 radical (unpaired) electrons. The van der Waals surface area contributed by atoms with Gasteiger partial charge in [-0.3, -0.25) is 4.79 Å². The normalized spacial score (nSPS) is 11.1. The molecule has 0 spiro atoms. The number of para-hydroxylation sites is 1. The Balaban J connectivity index is 1.72. The standard InChI is InChI=1S/C21H19NO4S2/c1-2-14-27-20-11-7-6-10-18(20)22-21(23)19-13-12-16(26-19)15-28(24,25)17-8-4-3-5-9-17/h2-13H,1,14-15H2,(H,22,23). The van der Waals surface area contributed by atoms with E-state index in [1.807, 2.05) is 18.2 Å². The number of hydrogen-bond acceptors (Lipinski definition) is 5. The van der Waals surface area contributed by atoms with Crippen molar-refractivity contribution in [2.75, 3.05) is 11.1 Å². The van der Waals surface area contributed by atoms with E-state index in [4.69, 9.17) is 4.42 Å². The molecule has 1 aromatic heterocycles. The number of thioether (sulfide) groups is 1. The first-order valence-corrected chi connectivity index (χ1v) is 11.1. The molecular weight excluding hydrogens is 394 g/mol. The number of furan rings is 1. The average molecular weight is 414 g/mol. The highest BCUT2D eigenvalue weighted by Crippen LogP contribution is 2.27. The van der Waals surface area contributed by atoms with E-state index >= 15 is 0 Å². The quantitative estimate of drug-likeness (QED) is 0.425. The third-order valence-corrected chi connectivity index (χ3v) is 6.54. The van der Waals surface area contributed by atoms with Crippen LogP contribution in [0, 0.1) is 0 Å². The van der Waals surface area contributed by atoms with Gasteiger partial charge in [0.2, 0.25) is 0 Å². The number of sulfone groups is 1. The first kappa shape index (κ1) is 20.0. The summed E-state index contributed by atoms with van der Waals surface area (Å²) in [4.78, 5) is 13.6. The maximum atomic E-state index is 12.5. The Morgan fingerprint density at radius 2 is 1.75 bits per heavy atom. The lowest BCUT2D eigenvalue weighted by Gasteiger charge is -2.09. The second-order valence-corrected chi connectivity index (χ2v) is 8.94. The minimum Gasteiger partial charge on any atom is -0.455 e. The van der Waals surface area contributed by atoms with Crippen LogP contribution in [-0.4, -0.2) is 20.1 Å². The number of amides is 1. The summed E-state index contributed by atoms with van der Waals surface area (Å²) >= 11 is 1.55. The Morgan fingerprint density at radius 1 is 1.04 bits per heavy atom. The molecule has 28 heavy (non-hydrogen) atoms. The molecule has 0 saturated heterocycles. The molecule has 0 atom stereocenters. The summed E-state index contributed by atoms with van der Waals surface area (Å²) in [7, 11) is -3.54. The maximum Gasteiger partial charge on any atom is 0.291 e. The molecule has 0 aliphatic heterocycles. The van der Waals surface area contributed by atoms with Gasteiger partial charge in [-0.25, -0.2) is 8.42 Å². The molecule has 1 amide bonds. The highest BCUT2D eigenvalue weighted by atomic mass is 32.2. The minimum absolute atomic E-state index is 0.0572. The fourth-order valence-corrected chi connectivity index (χ4v) is 4.52. The minimum atomic E-state index is -3.54. The van der Waals surface area contributed by atoms with Crippen molar-refractivity contribution in [3.8, 4) is 0 Å².